The summed E-state index contributed by atoms with van der Waals surface area (Å²) in [7, 11) is -3.01. The normalized spacial score (nSPS) is 28.0. The van der Waals surface area contributed by atoms with Gasteiger partial charge in [0.15, 0.2) is 0 Å². The minimum atomic E-state index is -3.01. The van der Waals surface area contributed by atoms with E-state index in [0.29, 0.717) is 6.42 Å². The van der Waals surface area contributed by atoms with Crippen molar-refractivity contribution in [3.63, 3.8) is 0 Å². The van der Waals surface area contributed by atoms with Crippen LogP contribution in [0.4, 0.5) is 0 Å². The summed E-state index contributed by atoms with van der Waals surface area (Å²) in [5, 5.41) is 12.6. The van der Waals surface area contributed by atoms with Crippen LogP contribution in [0.5, 0.6) is 0 Å². The summed E-state index contributed by atoms with van der Waals surface area (Å²) in [5.74, 6) is 0.0262. The van der Waals surface area contributed by atoms with Gasteiger partial charge in [-0.2, -0.15) is 0 Å². The molecule has 0 saturated heterocycles. The maximum atomic E-state index is 11.7. The molecule has 0 radical (unpaired) electrons. The van der Waals surface area contributed by atoms with Crippen molar-refractivity contribution >= 4 is 21.2 Å². The molecule has 1 saturated carbocycles. The van der Waals surface area contributed by atoms with E-state index in [-0.39, 0.29) is 11.2 Å². The van der Waals surface area contributed by atoms with Crippen LogP contribution in [0.1, 0.15) is 43.0 Å². The molecule has 2 rings (SSSR count). The molecular weight excluding hydrogens is 280 g/mol. The topological polar surface area (TPSA) is 54.4 Å². The Balaban J connectivity index is 2.24. The number of hydrogen-bond donors (Lipinski definition) is 1. The number of sulfone groups is 1. The third-order valence-corrected chi connectivity index (χ3v) is 7.23. The Morgan fingerprint density at radius 2 is 2.11 bits per heavy atom. The number of aryl methyl sites for hydroxylation is 1. The molecular formula is C14H22O3S2. The lowest BCUT2D eigenvalue weighted by molar-refractivity contribution is -0.0180. The number of hydrogen-bond acceptors (Lipinski definition) is 4. The lowest BCUT2D eigenvalue weighted by Crippen LogP contribution is -2.38. The molecule has 5 heteroatoms. The molecule has 1 aromatic heterocycles. The molecule has 0 amide bonds. The summed E-state index contributed by atoms with van der Waals surface area (Å²) < 4.78 is 23.5. The molecule has 0 bridgehead atoms. The lowest BCUT2D eigenvalue weighted by Gasteiger charge is -2.38. The highest BCUT2D eigenvalue weighted by Gasteiger charge is 2.40. The Morgan fingerprint density at radius 3 is 2.63 bits per heavy atom. The standard InChI is InChI=1S/C14H22O3S2/c1-10-7-8-18-13(10)14(2,15)11-5-4-6-12(9-11)19(3,16)17/h7-8,11-12,15H,4-6,9H2,1-3H3. The summed E-state index contributed by atoms with van der Waals surface area (Å²) in [6.07, 6.45) is 4.39. The van der Waals surface area contributed by atoms with Gasteiger partial charge in [-0.15, -0.1) is 11.3 Å². The Kier molecular flexibility index (Phi) is 4.10. The van der Waals surface area contributed by atoms with Gasteiger partial charge in [-0.1, -0.05) is 6.42 Å². The van der Waals surface area contributed by atoms with Gasteiger partial charge in [0.05, 0.1) is 10.9 Å². The Hall–Kier alpha value is -0.390. The zero-order valence-corrected chi connectivity index (χ0v) is 13.4. The van der Waals surface area contributed by atoms with Crippen LogP contribution in [0.3, 0.4) is 0 Å². The van der Waals surface area contributed by atoms with E-state index < -0.39 is 15.4 Å². The first kappa shape index (κ1) is 15.0. The lowest BCUT2D eigenvalue weighted by atomic mass is 9.76. The van der Waals surface area contributed by atoms with Crippen LogP contribution in [0.25, 0.3) is 0 Å². The van der Waals surface area contributed by atoms with E-state index in [1.807, 2.05) is 25.3 Å². The molecule has 0 spiro atoms. The first-order chi connectivity index (χ1) is 8.73. The largest absolute Gasteiger partial charge is 0.384 e. The highest BCUT2D eigenvalue weighted by Crippen LogP contribution is 2.43. The number of rotatable bonds is 3. The SMILES string of the molecule is Cc1ccsc1C(C)(O)C1CCCC(S(C)(=O)=O)C1. The molecule has 1 aliphatic carbocycles. The Labute approximate surface area is 119 Å². The van der Waals surface area contributed by atoms with Crippen molar-refractivity contribution in [1.82, 2.24) is 0 Å². The maximum absolute atomic E-state index is 11.7. The minimum Gasteiger partial charge on any atom is -0.384 e. The van der Waals surface area contributed by atoms with Gasteiger partial charge in [0.2, 0.25) is 0 Å². The van der Waals surface area contributed by atoms with Crippen LogP contribution in [0.2, 0.25) is 0 Å². The van der Waals surface area contributed by atoms with Crippen LogP contribution in [0.15, 0.2) is 11.4 Å². The average Bonchev–Trinajstić information content (AvgIpc) is 2.75. The summed E-state index contributed by atoms with van der Waals surface area (Å²) in [6.45, 7) is 3.83. The maximum Gasteiger partial charge on any atom is 0.150 e. The highest BCUT2D eigenvalue weighted by atomic mass is 32.2. The van der Waals surface area contributed by atoms with Crippen LogP contribution >= 0.6 is 11.3 Å². The van der Waals surface area contributed by atoms with E-state index in [1.54, 1.807) is 11.3 Å². The van der Waals surface area contributed by atoms with Crippen molar-refractivity contribution in [3.8, 4) is 0 Å². The fourth-order valence-electron chi connectivity index (χ4n) is 3.12. The second kappa shape index (κ2) is 5.19. The van der Waals surface area contributed by atoms with Crippen molar-refractivity contribution in [1.29, 1.82) is 0 Å². The van der Waals surface area contributed by atoms with Crippen molar-refractivity contribution < 1.29 is 13.5 Å². The monoisotopic (exact) mass is 302 g/mol. The second-order valence-electron chi connectivity index (χ2n) is 5.90. The Bertz CT molecular complexity index is 543. The molecule has 1 aromatic rings. The third kappa shape index (κ3) is 3.03. The summed E-state index contributed by atoms with van der Waals surface area (Å²) in [6, 6.07) is 2.01. The van der Waals surface area contributed by atoms with Gasteiger partial charge in [-0.05, 0) is 56.0 Å². The molecule has 0 aliphatic heterocycles. The predicted octanol–water partition coefficient (Wildman–Crippen LogP) is 2.87. The van der Waals surface area contributed by atoms with E-state index in [0.717, 1.165) is 29.7 Å². The predicted molar refractivity (Wildman–Crippen MR) is 79.2 cm³/mol. The van der Waals surface area contributed by atoms with E-state index in [4.69, 9.17) is 0 Å². The van der Waals surface area contributed by atoms with Crippen molar-refractivity contribution in [2.75, 3.05) is 6.26 Å². The molecule has 3 nitrogen and oxygen atoms in total. The van der Waals surface area contributed by atoms with Crippen molar-refractivity contribution in [2.45, 2.75) is 50.4 Å². The number of aliphatic hydroxyl groups is 1. The third-order valence-electron chi connectivity index (χ3n) is 4.35. The van der Waals surface area contributed by atoms with E-state index in [1.165, 1.54) is 6.26 Å². The van der Waals surface area contributed by atoms with E-state index in [2.05, 4.69) is 0 Å². The van der Waals surface area contributed by atoms with Crippen LogP contribution in [0, 0.1) is 12.8 Å². The fourth-order valence-corrected chi connectivity index (χ4v) is 5.37. The molecule has 1 N–H and O–H groups in total. The quantitative estimate of drug-likeness (QED) is 0.934. The highest BCUT2D eigenvalue weighted by molar-refractivity contribution is 7.91. The van der Waals surface area contributed by atoms with E-state index in [9.17, 15) is 13.5 Å². The first-order valence-electron chi connectivity index (χ1n) is 6.68. The zero-order valence-electron chi connectivity index (χ0n) is 11.7. The van der Waals surface area contributed by atoms with Crippen LogP contribution < -0.4 is 0 Å². The summed E-state index contributed by atoms with van der Waals surface area (Å²) in [5.41, 5.74) is 0.179. The van der Waals surface area contributed by atoms with Gasteiger partial charge >= 0.3 is 0 Å². The van der Waals surface area contributed by atoms with Gasteiger partial charge in [0, 0.05) is 11.1 Å². The Morgan fingerprint density at radius 1 is 1.42 bits per heavy atom. The molecule has 1 heterocycles. The first-order valence-corrected chi connectivity index (χ1v) is 9.52. The fraction of sp³-hybridized carbons (Fsp3) is 0.714. The van der Waals surface area contributed by atoms with Gasteiger partial charge in [0.25, 0.3) is 0 Å². The van der Waals surface area contributed by atoms with Gasteiger partial charge in [-0.25, -0.2) is 8.42 Å². The minimum absolute atomic E-state index is 0.0262. The molecule has 3 unspecified atom stereocenters. The van der Waals surface area contributed by atoms with Crippen molar-refractivity contribution in [2.24, 2.45) is 5.92 Å². The van der Waals surface area contributed by atoms with Crippen LogP contribution in [-0.2, 0) is 15.4 Å². The molecule has 0 aromatic carbocycles. The van der Waals surface area contributed by atoms with Gasteiger partial charge in [-0.3, -0.25) is 0 Å². The summed E-state index contributed by atoms with van der Waals surface area (Å²) in [4.78, 5) is 0.978. The average molecular weight is 302 g/mol. The second-order valence-corrected chi connectivity index (χ2v) is 9.14. The van der Waals surface area contributed by atoms with Gasteiger partial charge < -0.3 is 5.11 Å². The van der Waals surface area contributed by atoms with Gasteiger partial charge in [0.1, 0.15) is 9.84 Å². The molecule has 1 fully saturated rings. The molecule has 3 atom stereocenters. The van der Waals surface area contributed by atoms with E-state index >= 15 is 0 Å². The smallest absolute Gasteiger partial charge is 0.150 e. The van der Waals surface area contributed by atoms with Crippen molar-refractivity contribution in [3.05, 3.63) is 21.9 Å². The molecule has 108 valence electrons. The molecule has 19 heavy (non-hydrogen) atoms. The molecule has 1 aliphatic rings. The summed E-state index contributed by atoms with van der Waals surface area (Å²) >= 11 is 1.56. The van der Waals surface area contributed by atoms with Crippen LogP contribution in [-0.4, -0.2) is 25.0 Å². The zero-order chi connectivity index (χ0) is 14.3. The number of thiophene rings is 1.